The number of ether oxygens (including phenoxy) is 1. The van der Waals surface area contributed by atoms with Gasteiger partial charge in [-0.1, -0.05) is 27.7 Å². The lowest BCUT2D eigenvalue weighted by molar-refractivity contribution is -0.159. The van der Waals surface area contributed by atoms with Crippen LogP contribution in [-0.4, -0.2) is 40.1 Å². The molecule has 1 aliphatic heterocycles. The summed E-state index contributed by atoms with van der Waals surface area (Å²) in [6.45, 7) is 11.7. The van der Waals surface area contributed by atoms with Crippen LogP contribution in [0.25, 0.3) is 0 Å². The molecule has 180 valence electrons. The number of aliphatic hydroxyl groups is 1. The molecule has 0 radical (unpaired) electrons. The predicted octanol–water partition coefficient (Wildman–Crippen LogP) is 3.73. The van der Waals surface area contributed by atoms with Crippen molar-refractivity contribution in [2.24, 2.45) is 33.5 Å². The van der Waals surface area contributed by atoms with Gasteiger partial charge in [-0.2, -0.15) is 0 Å². The van der Waals surface area contributed by atoms with E-state index in [2.05, 4.69) is 6.92 Å². The second kappa shape index (κ2) is 6.44. The van der Waals surface area contributed by atoms with E-state index in [9.17, 15) is 24.3 Å². The molecular formula is C27H36O6. The van der Waals surface area contributed by atoms with E-state index in [1.54, 1.807) is 0 Å². The van der Waals surface area contributed by atoms with Gasteiger partial charge in [-0.25, -0.2) is 0 Å². The minimum absolute atomic E-state index is 0.0194. The Balaban J connectivity index is 1.70. The summed E-state index contributed by atoms with van der Waals surface area (Å²) in [4.78, 5) is 52.6. The summed E-state index contributed by atoms with van der Waals surface area (Å²) < 4.78 is 5.76. The van der Waals surface area contributed by atoms with E-state index in [1.807, 2.05) is 34.6 Å². The Bertz CT molecular complexity index is 1040. The summed E-state index contributed by atoms with van der Waals surface area (Å²) >= 11 is 0. The monoisotopic (exact) mass is 456 g/mol. The summed E-state index contributed by atoms with van der Waals surface area (Å²) in [6, 6.07) is 0. The average molecular weight is 457 g/mol. The number of ketones is 3. The number of esters is 1. The fraction of sp³-hybridized carbons (Fsp3) is 0.778. The second-order valence-electron chi connectivity index (χ2n) is 12.8. The molecule has 0 amide bonds. The van der Waals surface area contributed by atoms with Gasteiger partial charge in [0.2, 0.25) is 0 Å². The molecule has 0 spiro atoms. The van der Waals surface area contributed by atoms with Crippen LogP contribution in [0.15, 0.2) is 11.1 Å². The quantitative estimate of drug-likeness (QED) is 0.604. The fourth-order valence-electron chi connectivity index (χ4n) is 8.89. The highest BCUT2D eigenvalue weighted by molar-refractivity contribution is 6.05. The van der Waals surface area contributed by atoms with Crippen molar-refractivity contribution in [3.8, 4) is 0 Å². The van der Waals surface area contributed by atoms with Crippen LogP contribution in [0, 0.1) is 33.5 Å². The number of carbonyl (C=O) groups is 4. The van der Waals surface area contributed by atoms with E-state index in [0.717, 1.165) is 0 Å². The molecule has 0 aromatic carbocycles. The molecule has 0 aromatic heterocycles. The van der Waals surface area contributed by atoms with Gasteiger partial charge in [0.05, 0.1) is 11.5 Å². The number of hydrogen-bond donors (Lipinski definition) is 1. The Morgan fingerprint density at radius 2 is 1.55 bits per heavy atom. The highest BCUT2D eigenvalue weighted by Crippen LogP contribution is 2.71. The molecule has 0 bridgehead atoms. The number of rotatable bonds is 1. The summed E-state index contributed by atoms with van der Waals surface area (Å²) in [6.07, 6.45) is 1.67. The number of allylic oxidation sites excluding steroid dienone is 1. The number of Topliss-reactive ketones (excluding diaryl/α,β-unsaturated/α-hetero) is 3. The zero-order chi connectivity index (χ0) is 24.4. The van der Waals surface area contributed by atoms with E-state index < -0.39 is 33.4 Å². The summed E-state index contributed by atoms with van der Waals surface area (Å²) in [5.74, 6) is -0.521. The van der Waals surface area contributed by atoms with Crippen LogP contribution in [0.4, 0.5) is 0 Å². The van der Waals surface area contributed by atoms with Gasteiger partial charge in [0, 0.05) is 48.0 Å². The number of aliphatic hydroxyl groups excluding tert-OH is 1. The van der Waals surface area contributed by atoms with Gasteiger partial charge in [-0.15, -0.1) is 0 Å². The molecule has 1 saturated heterocycles. The van der Waals surface area contributed by atoms with Gasteiger partial charge in [-0.3, -0.25) is 19.2 Å². The third-order valence-electron chi connectivity index (χ3n) is 11.0. The Morgan fingerprint density at radius 3 is 2.15 bits per heavy atom. The molecule has 6 nitrogen and oxygen atoms in total. The van der Waals surface area contributed by atoms with Crippen molar-refractivity contribution in [3.05, 3.63) is 11.1 Å². The van der Waals surface area contributed by atoms with Gasteiger partial charge in [0.25, 0.3) is 0 Å². The Hall–Kier alpha value is -1.82. The van der Waals surface area contributed by atoms with Crippen LogP contribution in [-0.2, 0) is 23.9 Å². The van der Waals surface area contributed by atoms with Crippen LogP contribution in [0.5, 0.6) is 0 Å². The molecule has 7 unspecified atom stereocenters. The van der Waals surface area contributed by atoms with E-state index in [0.29, 0.717) is 43.3 Å². The molecule has 0 aromatic rings. The minimum atomic E-state index is -1.00. The first-order chi connectivity index (χ1) is 15.1. The Morgan fingerprint density at radius 1 is 0.879 bits per heavy atom. The first-order valence-corrected chi connectivity index (χ1v) is 12.4. The van der Waals surface area contributed by atoms with E-state index in [4.69, 9.17) is 4.74 Å². The van der Waals surface area contributed by atoms with E-state index in [1.165, 1.54) is 0 Å². The van der Waals surface area contributed by atoms with Gasteiger partial charge in [-0.05, 0) is 50.0 Å². The zero-order valence-corrected chi connectivity index (χ0v) is 20.7. The van der Waals surface area contributed by atoms with Gasteiger partial charge < -0.3 is 9.84 Å². The molecule has 7 atom stereocenters. The number of fused-ring (bicyclic) bond motifs is 4. The number of carbonyl (C=O) groups excluding carboxylic acids is 4. The summed E-state index contributed by atoms with van der Waals surface area (Å²) in [5, 5.41) is 11.5. The molecule has 1 heterocycles. The maximum atomic E-state index is 14.0. The molecule has 3 fully saturated rings. The summed E-state index contributed by atoms with van der Waals surface area (Å²) in [7, 11) is 0. The van der Waals surface area contributed by atoms with Crippen LogP contribution in [0.2, 0.25) is 0 Å². The lowest BCUT2D eigenvalue weighted by Crippen LogP contribution is -2.60. The molecule has 5 rings (SSSR count). The number of cyclic esters (lactones) is 1. The molecule has 5 aliphatic rings. The van der Waals surface area contributed by atoms with Crippen LogP contribution in [0.3, 0.4) is 0 Å². The SMILES string of the molecule is CC1(C2CC(=O)C3(C)C4=C(C(=O)CC23C)C2(C)CCC(=O)C(C)(C)C2CC4O)CCC(=O)O1. The van der Waals surface area contributed by atoms with Crippen molar-refractivity contribution in [2.75, 3.05) is 0 Å². The first kappa shape index (κ1) is 22.9. The molecule has 2 saturated carbocycles. The molecule has 4 aliphatic carbocycles. The predicted molar refractivity (Wildman–Crippen MR) is 120 cm³/mol. The van der Waals surface area contributed by atoms with Crippen molar-refractivity contribution in [2.45, 2.75) is 98.2 Å². The van der Waals surface area contributed by atoms with Crippen LogP contribution < -0.4 is 0 Å². The van der Waals surface area contributed by atoms with Crippen molar-refractivity contribution in [1.82, 2.24) is 0 Å². The lowest BCUT2D eigenvalue weighted by Gasteiger charge is -2.60. The van der Waals surface area contributed by atoms with Crippen molar-refractivity contribution < 1.29 is 29.0 Å². The van der Waals surface area contributed by atoms with Gasteiger partial charge in [0.1, 0.15) is 17.2 Å². The van der Waals surface area contributed by atoms with Gasteiger partial charge in [0.15, 0.2) is 5.78 Å². The maximum Gasteiger partial charge on any atom is 0.306 e. The van der Waals surface area contributed by atoms with Crippen LogP contribution in [0.1, 0.15) is 86.5 Å². The molecule has 6 heteroatoms. The topological polar surface area (TPSA) is 97.7 Å². The molecule has 33 heavy (non-hydrogen) atoms. The largest absolute Gasteiger partial charge is 0.459 e. The molecular weight excluding hydrogens is 420 g/mol. The maximum absolute atomic E-state index is 14.0. The molecule has 1 N–H and O–H groups in total. The smallest absolute Gasteiger partial charge is 0.306 e. The first-order valence-electron chi connectivity index (χ1n) is 12.4. The zero-order valence-electron chi connectivity index (χ0n) is 20.7. The van der Waals surface area contributed by atoms with Crippen LogP contribution >= 0.6 is 0 Å². The minimum Gasteiger partial charge on any atom is -0.459 e. The fourth-order valence-corrected chi connectivity index (χ4v) is 8.89. The lowest BCUT2D eigenvalue weighted by atomic mass is 9.42. The summed E-state index contributed by atoms with van der Waals surface area (Å²) in [5.41, 5.74) is -2.53. The second-order valence-corrected chi connectivity index (χ2v) is 12.8. The standard InChI is InChI=1S/C27H36O6/c1-23(2)16-11-14(28)22-21(24(16,3)9-7-18(23)30)15(29)13-25(4)17(12-19(31)27(22,25)6)26(5)10-8-20(32)33-26/h14,16-17,28H,7-13H2,1-6H3. The Kier molecular flexibility index (Phi) is 4.48. The van der Waals surface area contributed by atoms with E-state index in [-0.39, 0.29) is 48.0 Å². The Labute approximate surface area is 195 Å². The third kappa shape index (κ3) is 2.54. The third-order valence-corrected chi connectivity index (χ3v) is 11.0. The van der Waals surface area contributed by atoms with Crippen molar-refractivity contribution in [1.29, 1.82) is 0 Å². The highest BCUT2D eigenvalue weighted by atomic mass is 16.6. The number of hydrogen-bond acceptors (Lipinski definition) is 6. The van der Waals surface area contributed by atoms with Crippen molar-refractivity contribution >= 4 is 23.3 Å². The van der Waals surface area contributed by atoms with Gasteiger partial charge >= 0.3 is 5.97 Å². The average Bonchev–Trinajstić information content (AvgIpc) is 3.16. The van der Waals surface area contributed by atoms with Crippen molar-refractivity contribution in [3.63, 3.8) is 0 Å². The van der Waals surface area contributed by atoms with E-state index >= 15 is 0 Å². The normalized spacial score (nSPS) is 49.0. The highest BCUT2D eigenvalue weighted by Gasteiger charge is 2.72.